The molecule has 106 valence electrons. The summed E-state index contributed by atoms with van der Waals surface area (Å²) in [6.07, 6.45) is -0.710. The first-order chi connectivity index (χ1) is 9.08. The summed E-state index contributed by atoms with van der Waals surface area (Å²) in [6, 6.07) is 5.15. The molecule has 5 heteroatoms. The van der Waals surface area contributed by atoms with Crippen molar-refractivity contribution >= 4 is 5.97 Å². The van der Waals surface area contributed by atoms with Crippen LogP contribution in [0.15, 0.2) is 18.2 Å². The van der Waals surface area contributed by atoms with E-state index in [4.69, 9.17) is 14.6 Å². The Bertz CT molecular complexity index is 416. The molecule has 0 heterocycles. The highest BCUT2D eigenvalue weighted by atomic mass is 16.5. The summed E-state index contributed by atoms with van der Waals surface area (Å²) in [5, 5.41) is 18.5. The van der Waals surface area contributed by atoms with E-state index in [-0.39, 0.29) is 12.8 Å². The van der Waals surface area contributed by atoms with Gasteiger partial charge in [-0.2, -0.15) is 0 Å². The Morgan fingerprint density at radius 1 is 1.21 bits per heavy atom. The van der Waals surface area contributed by atoms with Gasteiger partial charge in [0.25, 0.3) is 0 Å². The number of aliphatic hydroxyl groups is 1. The summed E-state index contributed by atoms with van der Waals surface area (Å²) in [7, 11) is 0. The fourth-order valence-electron chi connectivity index (χ4n) is 1.70. The van der Waals surface area contributed by atoms with Crippen LogP contribution in [0.4, 0.5) is 0 Å². The molecule has 0 bridgehead atoms. The maximum Gasteiger partial charge on any atom is 0.303 e. The van der Waals surface area contributed by atoms with E-state index in [1.165, 1.54) is 0 Å². The van der Waals surface area contributed by atoms with Crippen molar-refractivity contribution < 1.29 is 24.5 Å². The highest BCUT2D eigenvalue weighted by Crippen LogP contribution is 2.31. The van der Waals surface area contributed by atoms with Crippen molar-refractivity contribution in [2.75, 3.05) is 13.2 Å². The Kier molecular flexibility index (Phi) is 6.15. The molecule has 0 aliphatic rings. The van der Waals surface area contributed by atoms with Gasteiger partial charge in [0.15, 0.2) is 11.5 Å². The van der Waals surface area contributed by atoms with Gasteiger partial charge >= 0.3 is 5.97 Å². The van der Waals surface area contributed by atoms with Gasteiger partial charge in [0, 0.05) is 6.42 Å². The maximum atomic E-state index is 10.5. The van der Waals surface area contributed by atoms with E-state index in [0.717, 1.165) is 0 Å². The van der Waals surface area contributed by atoms with Crippen LogP contribution in [0.5, 0.6) is 11.5 Å². The molecule has 0 aromatic heterocycles. The molecule has 0 amide bonds. The zero-order chi connectivity index (χ0) is 14.3. The fraction of sp³-hybridized carbons (Fsp3) is 0.500. The standard InChI is InChI=1S/C14H20O5/c1-3-18-12-7-5-10(9-13(12)19-4-2)11(15)6-8-14(16)17/h5,7,9,11,15H,3-4,6,8H2,1-2H3,(H,16,17). The van der Waals surface area contributed by atoms with Gasteiger partial charge in [0.1, 0.15) is 0 Å². The van der Waals surface area contributed by atoms with E-state index < -0.39 is 12.1 Å². The number of aliphatic carboxylic acids is 1. The second kappa shape index (κ2) is 7.63. The Labute approximate surface area is 112 Å². The topological polar surface area (TPSA) is 76.0 Å². The van der Waals surface area contributed by atoms with Gasteiger partial charge in [-0.25, -0.2) is 0 Å². The number of hydrogen-bond donors (Lipinski definition) is 2. The highest BCUT2D eigenvalue weighted by Gasteiger charge is 2.13. The molecule has 0 saturated carbocycles. The summed E-state index contributed by atoms with van der Waals surface area (Å²) in [6.45, 7) is 4.77. The third kappa shape index (κ3) is 4.79. The van der Waals surface area contributed by atoms with Crippen LogP contribution in [0.2, 0.25) is 0 Å². The van der Waals surface area contributed by atoms with Crippen LogP contribution in [-0.4, -0.2) is 29.4 Å². The maximum absolute atomic E-state index is 10.5. The summed E-state index contributed by atoms with van der Waals surface area (Å²) in [5.74, 6) is 0.268. The number of ether oxygens (including phenoxy) is 2. The minimum Gasteiger partial charge on any atom is -0.490 e. The van der Waals surface area contributed by atoms with E-state index in [1.54, 1.807) is 18.2 Å². The average Bonchev–Trinajstić information content (AvgIpc) is 2.38. The molecule has 0 radical (unpaired) electrons. The van der Waals surface area contributed by atoms with Gasteiger partial charge in [-0.15, -0.1) is 0 Å². The molecular formula is C14H20O5. The van der Waals surface area contributed by atoms with Gasteiger partial charge in [-0.3, -0.25) is 4.79 Å². The Morgan fingerprint density at radius 2 is 1.84 bits per heavy atom. The quantitative estimate of drug-likeness (QED) is 0.757. The largest absolute Gasteiger partial charge is 0.490 e. The van der Waals surface area contributed by atoms with E-state index in [2.05, 4.69) is 0 Å². The van der Waals surface area contributed by atoms with Crippen LogP contribution in [0.1, 0.15) is 38.4 Å². The number of benzene rings is 1. The third-order valence-electron chi connectivity index (χ3n) is 2.58. The molecule has 0 saturated heterocycles. The van der Waals surface area contributed by atoms with Crippen molar-refractivity contribution in [3.05, 3.63) is 23.8 Å². The number of hydrogen-bond acceptors (Lipinski definition) is 4. The van der Waals surface area contributed by atoms with Gasteiger partial charge in [0.05, 0.1) is 19.3 Å². The Balaban J connectivity index is 2.84. The lowest BCUT2D eigenvalue weighted by molar-refractivity contribution is -0.137. The first-order valence-corrected chi connectivity index (χ1v) is 6.37. The van der Waals surface area contributed by atoms with E-state index in [1.807, 2.05) is 13.8 Å². The zero-order valence-corrected chi connectivity index (χ0v) is 11.3. The minimum absolute atomic E-state index is 0.0711. The Hall–Kier alpha value is -1.75. The van der Waals surface area contributed by atoms with Crippen LogP contribution in [-0.2, 0) is 4.79 Å². The number of carboxylic acids is 1. The van der Waals surface area contributed by atoms with Crippen molar-refractivity contribution in [2.45, 2.75) is 32.8 Å². The second-order valence-electron chi connectivity index (χ2n) is 4.02. The van der Waals surface area contributed by atoms with Crippen LogP contribution in [0.3, 0.4) is 0 Å². The molecular weight excluding hydrogens is 248 g/mol. The second-order valence-corrected chi connectivity index (χ2v) is 4.02. The SMILES string of the molecule is CCOc1ccc(C(O)CCC(=O)O)cc1OCC. The van der Waals surface area contributed by atoms with Crippen LogP contribution >= 0.6 is 0 Å². The molecule has 19 heavy (non-hydrogen) atoms. The summed E-state index contributed by atoms with van der Waals surface area (Å²) in [4.78, 5) is 10.5. The number of carboxylic acid groups (broad SMARTS) is 1. The lowest BCUT2D eigenvalue weighted by Crippen LogP contribution is -2.04. The van der Waals surface area contributed by atoms with Crippen molar-refractivity contribution in [3.8, 4) is 11.5 Å². The van der Waals surface area contributed by atoms with E-state index in [0.29, 0.717) is 30.3 Å². The predicted octanol–water partition coefficient (Wildman–Crippen LogP) is 2.38. The fourth-order valence-corrected chi connectivity index (χ4v) is 1.70. The molecule has 1 aromatic rings. The minimum atomic E-state index is -0.921. The molecule has 1 unspecified atom stereocenters. The van der Waals surface area contributed by atoms with Crippen LogP contribution < -0.4 is 9.47 Å². The molecule has 0 spiro atoms. The first-order valence-electron chi connectivity index (χ1n) is 6.37. The zero-order valence-electron chi connectivity index (χ0n) is 11.3. The van der Waals surface area contributed by atoms with Crippen LogP contribution in [0, 0.1) is 0 Å². The normalized spacial score (nSPS) is 11.9. The van der Waals surface area contributed by atoms with Gasteiger partial charge in [-0.05, 0) is 38.0 Å². The summed E-state index contributed by atoms with van der Waals surface area (Å²) < 4.78 is 10.9. The molecule has 0 fully saturated rings. The summed E-state index contributed by atoms with van der Waals surface area (Å²) in [5.41, 5.74) is 0.633. The van der Waals surface area contributed by atoms with Gasteiger partial charge < -0.3 is 19.7 Å². The molecule has 1 aromatic carbocycles. The van der Waals surface area contributed by atoms with E-state index in [9.17, 15) is 9.90 Å². The van der Waals surface area contributed by atoms with Crippen molar-refractivity contribution in [1.82, 2.24) is 0 Å². The monoisotopic (exact) mass is 268 g/mol. The molecule has 1 atom stereocenters. The van der Waals surface area contributed by atoms with Crippen molar-refractivity contribution in [2.24, 2.45) is 0 Å². The molecule has 5 nitrogen and oxygen atoms in total. The van der Waals surface area contributed by atoms with Crippen molar-refractivity contribution in [3.63, 3.8) is 0 Å². The number of aliphatic hydroxyl groups excluding tert-OH is 1. The van der Waals surface area contributed by atoms with Gasteiger partial charge in [-0.1, -0.05) is 6.07 Å². The Morgan fingerprint density at radius 3 is 2.42 bits per heavy atom. The van der Waals surface area contributed by atoms with Crippen LogP contribution in [0.25, 0.3) is 0 Å². The lowest BCUT2D eigenvalue weighted by atomic mass is 10.0. The molecule has 2 N–H and O–H groups in total. The molecule has 0 aliphatic heterocycles. The number of carbonyl (C=O) groups is 1. The molecule has 1 rings (SSSR count). The number of rotatable bonds is 8. The molecule has 0 aliphatic carbocycles. The van der Waals surface area contributed by atoms with Gasteiger partial charge in [0.2, 0.25) is 0 Å². The third-order valence-corrected chi connectivity index (χ3v) is 2.58. The van der Waals surface area contributed by atoms with Crippen molar-refractivity contribution in [1.29, 1.82) is 0 Å². The van der Waals surface area contributed by atoms with E-state index >= 15 is 0 Å². The summed E-state index contributed by atoms with van der Waals surface area (Å²) >= 11 is 0. The smallest absolute Gasteiger partial charge is 0.303 e. The highest BCUT2D eigenvalue weighted by molar-refractivity contribution is 5.66. The lowest BCUT2D eigenvalue weighted by Gasteiger charge is -2.15. The predicted molar refractivity (Wildman–Crippen MR) is 70.6 cm³/mol. The first kappa shape index (κ1) is 15.3. The average molecular weight is 268 g/mol.